The van der Waals surface area contributed by atoms with Gasteiger partial charge in [-0.15, -0.1) is 0 Å². The molecular formula is C15H18BrN3O. The van der Waals surface area contributed by atoms with E-state index in [-0.39, 0.29) is 0 Å². The summed E-state index contributed by atoms with van der Waals surface area (Å²) in [6.07, 6.45) is 3.53. The Kier molecular flexibility index (Phi) is 4.17. The van der Waals surface area contributed by atoms with Gasteiger partial charge in [-0.3, -0.25) is 0 Å². The van der Waals surface area contributed by atoms with Crippen LogP contribution in [0.1, 0.15) is 38.0 Å². The molecule has 0 bridgehead atoms. The maximum Gasteiger partial charge on any atom is 0.231 e. The second-order valence-corrected chi connectivity index (χ2v) is 6.08. The van der Waals surface area contributed by atoms with Crippen molar-refractivity contribution in [3.05, 3.63) is 34.6 Å². The molecule has 0 saturated heterocycles. The molecule has 0 spiro atoms. The molecular weight excluding hydrogens is 318 g/mol. The van der Waals surface area contributed by atoms with Crippen LogP contribution in [0.4, 0.5) is 0 Å². The minimum absolute atomic E-state index is 0.353. The Balaban J connectivity index is 1.81. The van der Waals surface area contributed by atoms with Crippen molar-refractivity contribution in [2.24, 2.45) is 0 Å². The van der Waals surface area contributed by atoms with Crippen LogP contribution in [-0.2, 0) is 0 Å². The highest BCUT2D eigenvalue weighted by atomic mass is 79.9. The maximum absolute atomic E-state index is 5.50. The van der Waals surface area contributed by atoms with E-state index in [0.29, 0.717) is 17.8 Å². The van der Waals surface area contributed by atoms with Gasteiger partial charge in [-0.1, -0.05) is 34.4 Å². The summed E-state index contributed by atoms with van der Waals surface area (Å²) >= 11 is 3.43. The summed E-state index contributed by atoms with van der Waals surface area (Å²) in [7, 11) is 0. The summed E-state index contributed by atoms with van der Waals surface area (Å²) in [5.41, 5.74) is 0.987. The number of rotatable bonds is 4. The summed E-state index contributed by atoms with van der Waals surface area (Å²) < 4.78 is 6.55. The zero-order valence-corrected chi connectivity index (χ0v) is 13.1. The molecule has 1 fully saturated rings. The van der Waals surface area contributed by atoms with Crippen LogP contribution in [0.3, 0.4) is 0 Å². The predicted octanol–water partition coefficient (Wildman–Crippen LogP) is 3.74. The summed E-state index contributed by atoms with van der Waals surface area (Å²) in [5, 5.41) is 7.64. The van der Waals surface area contributed by atoms with Crippen molar-refractivity contribution in [3.8, 4) is 11.4 Å². The lowest BCUT2D eigenvalue weighted by atomic mass is 10.0. The highest BCUT2D eigenvalue weighted by Gasteiger charge is 2.32. The molecule has 1 aromatic heterocycles. The minimum atomic E-state index is 0.353. The SMILES string of the molecule is CCNC1CCCC1c1nc(-c2ccc(Br)cc2)no1. The first-order valence-corrected chi connectivity index (χ1v) is 7.90. The largest absolute Gasteiger partial charge is 0.339 e. The Labute approximate surface area is 127 Å². The lowest BCUT2D eigenvalue weighted by molar-refractivity contribution is 0.332. The van der Waals surface area contributed by atoms with Gasteiger partial charge in [0.05, 0.1) is 5.92 Å². The molecule has 4 nitrogen and oxygen atoms in total. The molecule has 3 rings (SSSR count). The fourth-order valence-corrected chi connectivity index (χ4v) is 3.13. The molecule has 2 unspecified atom stereocenters. The van der Waals surface area contributed by atoms with E-state index in [4.69, 9.17) is 4.52 Å². The van der Waals surface area contributed by atoms with Crippen molar-refractivity contribution in [2.75, 3.05) is 6.54 Å². The van der Waals surface area contributed by atoms with Crippen LogP contribution in [0, 0.1) is 0 Å². The molecule has 0 aliphatic heterocycles. The van der Waals surface area contributed by atoms with E-state index in [1.807, 2.05) is 24.3 Å². The van der Waals surface area contributed by atoms with Gasteiger partial charge in [-0.2, -0.15) is 4.98 Å². The van der Waals surface area contributed by atoms with Crippen molar-refractivity contribution < 1.29 is 4.52 Å². The van der Waals surface area contributed by atoms with Gasteiger partial charge >= 0.3 is 0 Å². The lowest BCUT2D eigenvalue weighted by Crippen LogP contribution is -2.31. The van der Waals surface area contributed by atoms with Crippen LogP contribution in [-0.4, -0.2) is 22.7 Å². The van der Waals surface area contributed by atoms with Crippen molar-refractivity contribution in [1.82, 2.24) is 15.5 Å². The average molecular weight is 336 g/mol. The van der Waals surface area contributed by atoms with E-state index < -0.39 is 0 Å². The van der Waals surface area contributed by atoms with E-state index in [1.165, 1.54) is 12.8 Å². The number of nitrogens with zero attached hydrogens (tertiary/aromatic N) is 2. The van der Waals surface area contributed by atoms with Crippen LogP contribution < -0.4 is 5.32 Å². The number of likely N-dealkylation sites (N-methyl/N-ethyl adjacent to an activating group) is 1. The Morgan fingerprint density at radius 2 is 2.10 bits per heavy atom. The van der Waals surface area contributed by atoms with E-state index in [0.717, 1.165) is 28.9 Å². The van der Waals surface area contributed by atoms with Gasteiger partial charge in [0.1, 0.15) is 0 Å². The van der Waals surface area contributed by atoms with Gasteiger partial charge in [0.15, 0.2) is 0 Å². The standard InChI is InChI=1S/C15H18BrN3O/c1-2-17-13-5-3-4-12(13)15-18-14(19-20-15)10-6-8-11(16)9-7-10/h6-9,12-13,17H,2-5H2,1H3. The second-order valence-electron chi connectivity index (χ2n) is 5.16. The number of halogens is 1. The molecule has 2 atom stereocenters. The Morgan fingerprint density at radius 3 is 2.85 bits per heavy atom. The Hall–Kier alpha value is -1.20. The first-order valence-electron chi connectivity index (χ1n) is 7.11. The Morgan fingerprint density at radius 1 is 1.30 bits per heavy atom. The molecule has 1 aliphatic carbocycles. The quantitative estimate of drug-likeness (QED) is 0.924. The zero-order valence-electron chi connectivity index (χ0n) is 11.5. The Bertz CT molecular complexity index is 567. The molecule has 1 saturated carbocycles. The zero-order chi connectivity index (χ0) is 13.9. The summed E-state index contributed by atoms with van der Waals surface area (Å²) in [4.78, 5) is 4.59. The van der Waals surface area contributed by atoms with E-state index in [1.54, 1.807) is 0 Å². The van der Waals surface area contributed by atoms with Crippen molar-refractivity contribution in [3.63, 3.8) is 0 Å². The van der Waals surface area contributed by atoms with Crippen LogP contribution in [0.25, 0.3) is 11.4 Å². The molecule has 1 aromatic carbocycles. The van der Waals surface area contributed by atoms with Gasteiger partial charge in [0.25, 0.3) is 0 Å². The van der Waals surface area contributed by atoms with Gasteiger partial charge in [-0.05, 0) is 43.7 Å². The third-order valence-electron chi connectivity index (χ3n) is 3.84. The normalized spacial score (nSPS) is 22.3. The third-order valence-corrected chi connectivity index (χ3v) is 4.37. The predicted molar refractivity (Wildman–Crippen MR) is 81.5 cm³/mol. The molecule has 1 N–H and O–H groups in total. The van der Waals surface area contributed by atoms with Gasteiger partial charge in [0, 0.05) is 16.1 Å². The molecule has 2 aromatic rings. The average Bonchev–Trinajstić information content (AvgIpc) is 3.08. The fraction of sp³-hybridized carbons (Fsp3) is 0.467. The van der Waals surface area contributed by atoms with Crippen LogP contribution >= 0.6 is 15.9 Å². The van der Waals surface area contributed by atoms with E-state index >= 15 is 0 Å². The summed E-state index contributed by atoms with van der Waals surface area (Å²) in [6.45, 7) is 3.12. The number of nitrogens with one attached hydrogen (secondary N) is 1. The smallest absolute Gasteiger partial charge is 0.231 e. The molecule has 0 radical (unpaired) electrons. The first kappa shape index (κ1) is 13.8. The summed E-state index contributed by atoms with van der Waals surface area (Å²) in [6, 6.07) is 8.44. The highest BCUT2D eigenvalue weighted by molar-refractivity contribution is 9.10. The number of benzene rings is 1. The lowest BCUT2D eigenvalue weighted by Gasteiger charge is -2.16. The number of aromatic nitrogens is 2. The molecule has 5 heteroatoms. The maximum atomic E-state index is 5.50. The van der Waals surface area contributed by atoms with Crippen LogP contribution in [0.5, 0.6) is 0 Å². The van der Waals surface area contributed by atoms with Gasteiger partial charge in [0.2, 0.25) is 11.7 Å². The van der Waals surface area contributed by atoms with E-state index in [9.17, 15) is 0 Å². The molecule has 1 aliphatic rings. The molecule has 0 amide bonds. The van der Waals surface area contributed by atoms with E-state index in [2.05, 4.69) is 38.3 Å². The number of hydrogen-bond donors (Lipinski definition) is 1. The fourth-order valence-electron chi connectivity index (χ4n) is 2.86. The van der Waals surface area contributed by atoms with Gasteiger partial charge < -0.3 is 9.84 Å². The molecule has 20 heavy (non-hydrogen) atoms. The van der Waals surface area contributed by atoms with Crippen molar-refractivity contribution >= 4 is 15.9 Å². The minimum Gasteiger partial charge on any atom is -0.339 e. The number of hydrogen-bond acceptors (Lipinski definition) is 4. The van der Waals surface area contributed by atoms with Crippen molar-refractivity contribution in [2.45, 2.75) is 38.1 Å². The highest BCUT2D eigenvalue weighted by Crippen LogP contribution is 2.34. The molecule has 106 valence electrons. The van der Waals surface area contributed by atoms with Gasteiger partial charge in [-0.25, -0.2) is 0 Å². The summed E-state index contributed by atoms with van der Waals surface area (Å²) in [5.74, 6) is 1.80. The second kappa shape index (κ2) is 6.06. The third kappa shape index (κ3) is 2.79. The van der Waals surface area contributed by atoms with Crippen LogP contribution in [0.2, 0.25) is 0 Å². The topological polar surface area (TPSA) is 51.0 Å². The monoisotopic (exact) mass is 335 g/mol. The van der Waals surface area contributed by atoms with Crippen LogP contribution in [0.15, 0.2) is 33.3 Å². The van der Waals surface area contributed by atoms with Crippen molar-refractivity contribution in [1.29, 1.82) is 0 Å². The first-order chi connectivity index (χ1) is 9.78. The molecule has 1 heterocycles.